The number of methoxy groups -OCH3 is 2. The molecule has 8 heteroatoms. The van der Waals surface area contributed by atoms with Gasteiger partial charge in [-0.05, 0) is 29.8 Å². The Kier molecular flexibility index (Phi) is 6.44. The SMILES string of the molecule is COc1cccc(C(CNC(=O)c2ccc(N(C)C)nn2)c2c[nH]c3ccccc23)c1OC. The molecule has 8 nitrogen and oxygen atoms in total. The molecule has 0 aliphatic carbocycles. The van der Waals surface area contributed by atoms with Crippen LogP contribution in [0.4, 0.5) is 5.82 Å². The van der Waals surface area contributed by atoms with Gasteiger partial charge in [-0.2, -0.15) is 0 Å². The van der Waals surface area contributed by atoms with Crippen LogP contribution in [0.3, 0.4) is 0 Å². The number of fused-ring (bicyclic) bond motifs is 1. The Hall–Kier alpha value is -4.07. The van der Waals surface area contributed by atoms with E-state index < -0.39 is 0 Å². The Morgan fingerprint density at radius 1 is 1.00 bits per heavy atom. The van der Waals surface area contributed by atoms with Crippen LogP contribution in [0.15, 0.2) is 60.8 Å². The van der Waals surface area contributed by atoms with Crippen molar-refractivity contribution in [3.05, 3.63) is 77.6 Å². The molecule has 0 aliphatic rings. The number of rotatable bonds is 8. The summed E-state index contributed by atoms with van der Waals surface area (Å²) in [7, 11) is 6.97. The van der Waals surface area contributed by atoms with Gasteiger partial charge in [0.1, 0.15) is 0 Å². The highest BCUT2D eigenvalue weighted by molar-refractivity contribution is 5.92. The van der Waals surface area contributed by atoms with Gasteiger partial charge < -0.3 is 24.7 Å². The molecule has 2 aromatic carbocycles. The minimum absolute atomic E-state index is 0.191. The number of carbonyl (C=O) groups excluding carboxylic acids is 1. The van der Waals surface area contributed by atoms with Crippen LogP contribution in [0.2, 0.25) is 0 Å². The monoisotopic (exact) mass is 445 g/mol. The molecule has 2 N–H and O–H groups in total. The Morgan fingerprint density at radius 2 is 1.82 bits per heavy atom. The van der Waals surface area contributed by atoms with Crippen molar-refractivity contribution in [3.8, 4) is 11.5 Å². The Balaban J connectivity index is 1.69. The molecule has 1 unspecified atom stereocenters. The van der Waals surface area contributed by atoms with E-state index in [1.165, 1.54) is 0 Å². The van der Waals surface area contributed by atoms with Gasteiger partial charge in [0.15, 0.2) is 23.0 Å². The van der Waals surface area contributed by atoms with E-state index in [-0.39, 0.29) is 17.5 Å². The van der Waals surface area contributed by atoms with Crippen LogP contribution in [0.5, 0.6) is 11.5 Å². The van der Waals surface area contributed by atoms with E-state index in [2.05, 4.69) is 26.6 Å². The molecule has 0 saturated carbocycles. The molecule has 1 amide bonds. The third-order valence-electron chi connectivity index (χ3n) is 5.61. The highest BCUT2D eigenvalue weighted by Gasteiger charge is 2.24. The molecule has 4 rings (SSSR count). The Bertz CT molecular complexity index is 1250. The molecule has 1 atom stereocenters. The average molecular weight is 446 g/mol. The second-order valence-electron chi connectivity index (χ2n) is 7.81. The minimum Gasteiger partial charge on any atom is -0.493 e. The third-order valence-corrected chi connectivity index (χ3v) is 5.61. The zero-order valence-corrected chi connectivity index (χ0v) is 19.1. The number of carbonyl (C=O) groups is 1. The highest BCUT2D eigenvalue weighted by atomic mass is 16.5. The summed E-state index contributed by atoms with van der Waals surface area (Å²) in [6.45, 7) is 0.335. The van der Waals surface area contributed by atoms with Crippen molar-refractivity contribution < 1.29 is 14.3 Å². The van der Waals surface area contributed by atoms with E-state index in [9.17, 15) is 4.79 Å². The average Bonchev–Trinajstić information content (AvgIpc) is 3.27. The molecular formula is C25H27N5O3. The zero-order valence-electron chi connectivity index (χ0n) is 19.1. The summed E-state index contributed by atoms with van der Waals surface area (Å²) in [5.41, 5.74) is 3.24. The van der Waals surface area contributed by atoms with Crippen molar-refractivity contribution >= 4 is 22.6 Å². The van der Waals surface area contributed by atoms with Crippen LogP contribution in [0.1, 0.15) is 27.5 Å². The smallest absolute Gasteiger partial charge is 0.271 e. The van der Waals surface area contributed by atoms with Gasteiger partial charge in [-0.3, -0.25) is 4.79 Å². The fourth-order valence-electron chi connectivity index (χ4n) is 3.93. The van der Waals surface area contributed by atoms with Gasteiger partial charge in [-0.1, -0.05) is 30.3 Å². The van der Waals surface area contributed by atoms with Crippen molar-refractivity contribution in [3.63, 3.8) is 0 Å². The lowest BCUT2D eigenvalue weighted by atomic mass is 9.89. The van der Waals surface area contributed by atoms with E-state index in [0.29, 0.717) is 23.9 Å². The van der Waals surface area contributed by atoms with Crippen molar-refractivity contribution in [1.29, 1.82) is 0 Å². The van der Waals surface area contributed by atoms with Crippen LogP contribution < -0.4 is 19.7 Å². The van der Waals surface area contributed by atoms with Crippen LogP contribution in [-0.4, -0.2) is 55.9 Å². The fourth-order valence-corrected chi connectivity index (χ4v) is 3.93. The van der Waals surface area contributed by atoms with Gasteiger partial charge in [0.05, 0.1) is 14.2 Å². The van der Waals surface area contributed by atoms with Gasteiger partial charge in [0.25, 0.3) is 5.91 Å². The van der Waals surface area contributed by atoms with Gasteiger partial charge >= 0.3 is 0 Å². The number of nitrogens with zero attached hydrogens (tertiary/aromatic N) is 3. The normalized spacial score (nSPS) is 11.8. The number of hydrogen-bond acceptors (Lipinski definition) is 6. The summed E-state index contributed by atoms with van der Waals surface area (Å²) in [4.78, 5) is 18.0. The van der Waals surface area contributed by atoms with Gasteiger partial charge in [0, 0.05) is 49.2 Å². The molecule has 0 aliphatic heterocycles. The first-order valence-electron chi connectivity index (χ1n) is 10.6. The predicted molar refractivity (Wildman–Crippen MR) is 128 cm³/mol. The summed E-state index contributed by atoms with van der Waals surface area (Å²) >= 11 is 0. The molecular weight excluding hydrogens is 418 g/mol. The minimum atomic E-state index is -0.292. The molecule has 2 heterocycles. The summed E-state index contributed by atoms with van der Waals surface area (Å²) in [6, 6.07) is 17.3. The number of para-hydroxylation sites is 2. The quantitative estimate of drug-likeness (QED) is 0.431. The number of ether oxygens (including phenoxy) is 2. The summed E-state index contributed by atoms with van der Waals surface area (Å²) < 4.78 is 11.2. The molecule has 0 spiro atoms. The van der Waals surface area contributed by atoms with Crippen LogP contribution in [0.25, 0.3) is 10.9 Å². The van der Waals surface area contributed by atoms with Gasteiger partial charge in [-0.25, -0.2) is 0 Å². The molecule has 170 valence electrons. The van der Waals surface area contributed by atoms with Crippen molar-refractivity contribution in [1.82, 2.24) is 20.5 Å². The van der Waals surface area contributed by atoms with E-state index in [0.717, 1.165) is 22.0 Å². The van der Waals surface area contributed by atoms with Gasteiger partial charge in [-0.15, -0.1) is 10.2 Å². The molecule has 4 aromatic rings. The van der Waals surface area contributed by atoms with E-state index >= 15 is 0 Å². The maximum absolute atomic E-state index is 12.9. The maximum Gasteiger partial charge on any atom is 0.271 e. The summed E-state index contributed by atoms with van der Waals surface area (Å²) in [5.74, 6) is 1.48. The molecule has 2 aromatic heterocycles. The Morgan fingerprint density at radius 3 is 2.52 bits per heavy atom. The lowest BCUT2D eigenvalue weighted by molar-refractivity contribution is 0.0946. The molecule has 0 radical (unpaired) electrons. The molecule has 33 heavy (non-hydrogen) atoms. The number of amides is 1. The molecule has 0 bridgehead atoms. The Labute approximate surface area is 192 Å². The second-order valence-corrected chi connectivity index (χ2v) is 7.81. The van der Waals surface area contributed by atoms with Crippen molar-refractivity contribution in [2.24, 2.45) is 0 Å². The zero-order chi connectivity index (χ0) is 23.4. The number of anilines is 1. The van der Waals surface area contributed by atoms with Crippen LogP contribution >= 0.6 is 0 Å². The summed E-state index contributed by atoms with van der Waals surface area (Å²) in [5, 5.41) is 12.3. The maximum atomic E-state index is 12.9. The van der Waals surface area contributed by atoms with E-state index in [4.69, 9.17) is 9.47 Å². The standard InChI is InChI=1S/C25H27N5O3/c1-30(2)23-13-12-21(28-29-23)25(31)27-15-19(17-9-7-11-22(32-3)24(17)33-4)18-14-26-20-10-6-5-8-16(18)20/h5-14,19,26H,15H2,1-4H3,(H,27,31). The van der Waals surface area contributed by atoms with Crippen molar-refractivity contribution in [2.75, 3.05) is 39.8 Å². The fraction of sp³-hybridized carbons (Fsp3) is 0.240. The number of hydrogen-bond donors (Lipinski definition) is 2. The topological polar surface area (TPSA) is 92.4 Å². The van der Waals surface area contributed by atoms with Gasteiger partial charge in [0.2, 0.25) is 0 Å². The van der Waals surface area contributed by atoms with Crippen LogP contribution in [-0.2, 0) is 0 Å². The first-order valence-corrected chi connectivity index (χ1v) is 10.6. The lowest BCUT2D eigenvalue weighted by Gasteiger charge is -2.22. The number of H-pyrrole nitrogens is 1. The number of nitrogens with one attached hydrogen (secondary N) is 2. The second kappa shape index (κ2) is 9.60. The third kappa shape index (κ3) is 4.45. The largest absolute Gasteiger partial charge is 0.493 e. The molecule has 0 fully saturated rings. The number of aromatic nitrogens is 3. The molecule has 0 saturated heterocycles. The first kappa shape index (κ1) is 22.1. The van der Waals surface area contributed by atoms with Crippen molar-refractivity contribution in [2.45, 2.75) is 5.92 Å². The first-order chi connectivity index (χ1) is 16.0. The van der Waals surface area contributed by atoms with Crippen LogP contribution in [0, 0.1) is 0 Å². The van der Waals surface area contributed by atoms with E-state index in [1.807, 2.05) is 61.6 Å². The predicted octanol–water partition coefficient (Wildman–Crippen LogP) is 3.60. The van der Waals surface area contributed by atoms with E-state index in [1.54, 1.807) is 26.4 Å². The lowest BCUT2D eigenvalue weighted by Crippen LogP contribution is -2.30. The number of aromatic amines is 1. The number of benzene rings is 2. The summed E-state index contributed by atoms with van der Waals surface area (Å²) in [6.07, 6.45) is 1.98. The highest BCUT2D eigenvalue weighted by Crippen LogP contribution is 2.40.